The van der Waals surface area contributed by atoms with Crippen LogP contribution in [0.1, 0.15) is 37.7 Å². The van der Waals surface area contributed by atoms with E-state index in [2.05, 4.69) is 6.58 Å². The molecule has 0 spiro atoms. The first-order chi connectivity index (χ1) is 9.20. The number of methoxy groups -OCH3 is 1. The Kier molecular flexibility index (Phi) is 4.25. The first-order valence-corrected chi connectivity index (χ1v) is 6.70. The van der Waals surface area contributed by atoms with Crippen molar-refractivity contribution in [3.8, 4) is 5.75 Å². The number of carbonyl (C=O) groups excluding carboxylic acids is 1. The van der Waals surface area contributed by atoms with Gasteiger partial charge in [-0.3, -0.25) is 0 Å². The van der Waals surface area contributed by atoms with E-state index in [-0.39, 0.29) is 5.97 Å². The number of hydrogen-bond donors (Lipinski definition) is 0. The Bertz CT molecular complexity index is 442. The molecule has 0 aliphatic heterocycles. The molecule has 0 atom stereocenters. The van der Waals surface area contributed by atoms with E-state index in [1.165, 1.54) is 12.5 Å². The summed E-state index contributed by atoms with van der Waals surface area (Å²) in [5.41, 5.74) is 0.554. The zero-order chi connectivity index (χ0) is 13.7. The third-order valence-electron chi connectivity index (χ3n) is 3.74. The van der Waals surface area contributed by atoms with E-state index in [1.807, 2.05) is 24.3 Å². The van der Waals surface area contributed by atoms with Crippen molar-refractivity contribution in [2.45, 2.75) is 37.7 Å². The zero-order valence-corrected chi connectivity index (χ0v) is 11.4. The molecule has 0 bridgehead atoms. The lowest BCUT2D eigenvalue weighted by molar-refractivity contribution is -0.158. The van der Waals surface area contributed by atoms with Gasteiger partial charge in [-0.25, -0.2) is 4.79 Å². The van der Waals surface area contributed by atoms with Crippen LogP contribution < -0.4 is 4.74 Å². The summed E-state index contributed by atoms with van der Waals surface area (Å²) in [7, 11) is 1.64. The van der Waals surface area contributed by atoms with Gasteiger partial charge in [-0.2, -0.15) is 0 Å². The second kappa shape index (κ2) is 5.91. The van der Waals surface area contributed by atoms with Crippen molar-refractivity contribution in [1.82, 2.24) is 0 Å². The van der Waals surface area contributed by atoms with Gasteiger partial charge in [0.2, 0.25) is 0 Å². The molecular formula is C16H20O3. The number of carbonyl (C=O) groups is 1. The van der Waals surface area contributed by atoms with Gasteiger partial charge in [0.25, 0.3) is 0 Å². The third kappa shape index (κ3) is 2.98. The summed E-state index contributed by atoms with van der Waals surface area (Å²) >= 11 is 0. The Morgan fingerprint density at radius 1 is 1.21 bits per heavy atom. The van der Waals surface area contributed by atoms with Crippen LogP contribution in [0.25, 0.3) is 0 Å². The molecular weight excluding hydrogens is 240 g/mol. The summed E-state index contributed by atoms with van der Waals surface area (Å²) in [6, 6.07) is 7.79. The SMILES string of the molecule is C=CC(=O)OC1(c2ccc(OC)cc2)CCCCC1. The molecule has 102 valence electrons. The van der Waals surface area contributed by atoms with Crippen molar-refractivity contribution in [2.24, 2.45) is 0 Å². The number of rotatable bonds is 4. The van der Waals surface area contributed by atoms with Gasteiger partial charge in [0.05, 0.1) is 7.11 Å². The van der Waals surface area contributed by atoms with E-state index >= 15 is 0 Å². The minimum absolute atomic E-state index is 0.349. The van der Waals surface area contributed by atoms with Crippen molar-refractivity contribution in [1.29, 1.82) is 0 Å². The van der Waals surface area contributed by atoms with E-state index in [1.54, 1.807) is 7.11 Å². The van der Waals surface area contributed by atoms with Crippen LogP contribution in [0.3, 0.4) is 0 Å². The fourth-order valence-corrected chi connectivity index (χ4v) is 2.70. The average Bonchev–Trinajstić information content (AvgIpc) is 2.48. The van der Waals surface area contributed by atoms with Gasteiger partial charge in [-0.05, 0) is 43.4 Å². The third-order valence-corrected chi connectivity index (χ3v) is 3.74. The van der Waals surface area contributed by atoms with Gasteiger partial charge >= 0.3 is 5.97 Å². The Morgan fingerprint density at radius 2 is 1.84 bits per heavy atom. The molecule has 0 N–H and O–H groups in total. The van der Waals surface area contributed by atoms with E-state index in [0.717, 1.165) is 37.0 Å². The van der Waals surface area contributed by atoms with Crippen LogP contribution in [0, 0.1) is 0 Å². The molecule has 2 rings (SSSR count). The van der Waals surface area contributed by atoms with Gasteiger partial charge in [0.15, 0.2) is 0 Å². The summed E-state index contributed by atoms with van der Waals surface area (Å²) in [4.78, 5) is 11.6. The van der Waals surface area contributed by atoms with Crippen molar-refractivity contribution < 1.29 is 14.3 Å². The topological polar surface area (TPSA) is 35.5 Å². The maximum absolute atomic E-state index is 11.6. The standard InChI is InChI=1S/C16H20O3/c1-3-15(17)19-16(11-5-4-6-12-16)13-7-9-14(18-2)10-8-13/h3,7-10H,1,4-6,11-12H2,2H3. The summed E-state index contributed by atoms with van der Waals surface area (Å²) in [6.07, 6.45) is 6.34. The highest BCUT2D eigenvalue weighted by Crippen LogP contribution is 2.41. The highest BCUT2D eigenvalue weighted by Gasteiger charge is 2.37. The van der Waals surface area contributed by atoms with Crippen LogP contribution in [0.5, 0.6) is 5.75 Å². The van der Waals surface area contributed by atoms with Crippen LogP contribution >= 0.6 is 0 Å². The van der Waals surface area contributed by atoms with Crippen molar-refractivity contribution in [3.05, 3.63) is 42.5 Å². The maximum Gasteiger partial charge on any atom is 0.331 e. The van der Waals surface area contributed by atoms with E-state index in [9.17, 15) is 4.79 Å². The number of ether oxygens (including phenoxy) is 2. The predicted octanol–water partition coefficient (Wildman–Crippen LogP) is 3.58. The van der Waals surface area contributed by atoms with Crippen LogP contribution in [-0.2, 0) is 15.1 Å². The summed E-state index contributed by atoms with van der Waals surface area (Å²) in [5, 5.41) is 0. The number of benzene rings is 1. The lowest BCUT2D eigenvalue weighted by Gasteiger charge is -2.37. The van der Waals surface area contributed by atoms with Crippen LogP contribution in [0.2, 0.25) is 0 Å². The number of esters is 1. The molecule has 3 heteroatoms. The summed E-state index contributed by atoms with van der Waals surface area (Å²) in [6.45, 7) is 3.48. The van der Waals surface area contributed by atoms with E-state index in [4.69, 9.17) is 9.47 Å². The molecule has 3 nitrogen and oxygen atoms in total. The Hall–Kier alpha value is -1.77. The van der Waals surface area contributed by atoms with E-state index < -0.39 is 5.60 Å². The van der Waals surface area contributed by atoms with Crippen molar-refractivity contribution in [3.63, 3.8) is 0 Å². The van der Waals surface area contributed by atoms with Crippen molar-refractivity contribution in [2.75, 3.05) is 7.11 Å². The highest BCUT2D eigenvalue weighted by atomic mass is 16.6. The fourth-order valence-electron chi connectivity index (χ4n) is 2.70. The molecule has 0 unspecified atom stereocenters. The quantitative estimate of drug-likeness (QED) is 0.613. The smallest absolute Gasteiger partial charge is 0.331 e. The summed E-state index contributed by atoms with van der Waals surface area (Å²) < 4.78 is 10.9. The van der Waals surface area contributed by atoms with E-state index in [0.29, 0.717) is 0 Å². The molecule has 0 heterocycles. The molecule has 0 aromatic heterocycles. The van der Waals surface area contributed by atoms with Gasteiger partial charge in [-0.15, -0.1) is 0 Å². The number of hydrogen-bond acceptors (Lipinski definition) is 3. The maximum atomic E-state index is 11.6. The lowest BCUT2D eigenvalue weighted by atomic mass is 9.79. The zero-order valence-electron chi connectivity index (χ0n) is 11.4. The van der Waals surface area contributed by atoms with Crippen molar-refractivity contribution >= 4 is 5.97 Å². The average molecular weight is 260 g/mol. The first kappa shape index (κ1) is 13.7. The Morgan fingerprint density at radius 3 is 2.37 bits per heavy atom. The molecule has 19 heavy (non-hydrogen) atoms. The highest BCUT2D eigenvalue weighted by molar-refractivity contribution is 5.81. The Labute approximate surface area is 114 Å². The Balaban J connectivity index is 2.29. The molecule has 1 saturated carbocycles. The summed E-state index contributed by atoms with van der Waals surface area (Å²) in [5.74, 6) is 0.461. The lowest BCUT2D eigenvalue weighted by Crippen LogP contribution is -2.34. The molecule has 1 aliphatic carbocycles. The van der Waals surface area contributed by atoms with Crippen LogP contribution in [0.15, 0.2) is 36.9 Å². The largest absolute Gasteiger partial charge is 0.497 e. The molecule has 0 radical (unpaired) electrons. The molecule has 1 fully saturated rings. The van der Waals surface area contributed by atoms with Crippen LogP contribution in [0.4, 0.5) is 0 Å². The second-order valence-corrected chi connectivity index (χ2v) is 4.91. The first-order valence-electron chi connectivity index (χ1n) is 6.70. The molecule has 0 saturated heterocycles. The minimum atomic E-state index is -0.490. The molecule has 1 aromatic carbocycles. The van der Waals surface area contributed by atoms with Crippen LogP contribution in [-0.4, -0.2) is 13.1 Å². The molecule has 1 aliphatic rings. The predicted molar refractivity (Wildman–Crippen MR) is 74.0 cm³/mol. The normalized spacial score (nSPS) is 17.5. The van der Waals surface area contributed by atoms with Gasteiger partial charge in [0.1, 0.15) is 11.4 Å². The minimum Gasteiger partial charge on any atom is -0.497 e. The molecule has 1 aromatic rings. The van der Waals surface area contributed by atoms with Gasteiger partial charge in [0, 0.05) is 6.08 Å². The fraction of sp³-hybridized carbons (Fsp3) is 0.438. The van der Waals surface area contributed by atoms with Gasteiger partial charge < -0.3 is 9.47 Å². The second-order valence-electron chi connectivity index (χ2n) is 4.91. The monoisotopic (exact) mass is 260 g/mol. The molecule has 0 amide bonds. The van der Waals surface area contributed by atoms with Gasteiger partial charge in [-0.1, -0.05) is 25.1 Å².